The lowest BCUT2D eigenvalue weighted by Crippen LogP contribution is -2.30. The van der Waals surface area contributed by atoms with Crippen molar-refractivity contribution in [2.75, 3.05) is 13.2 Å². The smallest absolute Gasteiger partial charge is 0.306 e. The number of rotatable bonds is 57. The van der Waals surface area contributed by atoms with Gasteiger partial charge in [-0.15, -0.1) is 0 Å². The van der Waals surface area contributed by atoms with Gasteiger partial charge in [0.2, 0.25) is 0 Å². The van der Waals surface area contributed by atoms with Crippen molar-refractivity contribution in [2.24, 2.45) is 0 Å². The minimum Gasteiger partial charge on any atom is -0.462 e. The zero-order valence-corrected chi connectivity index (χ0v) is 52.9. The molecule has 0 saturated carbocycles. The third kappa shape index (κ3) is 66.9. The molecule has 0 radical (unpaired) electrons. The molecule has 0 spiro atoms. The predicted molar refractivity (Wildman–Crippen MR) is 361 cm³/mol. The van der Waals surface area contributed by atoms with Crippen molar-refractivity contribution in [3.05, 3.63) is 194 Å². The highest BCUT2D eigenvalue weighted by Crippen LogP contribution is 2.13. The molecule has 0 fully saturated rings. The van der Waals surface area contributed by atoms with Gasteiger partial charge in [0.1, 0.15) is 13.2 Å². The maximum absolute atomic E-state index is 12.8. The SMILES string of the molecule is CC/C=C\C/C=C\C/C=C\C/C=C\C/C=C\C/C=C\C/C=C\C/C=C\C/C=C\CCCCCCCCCC(=O)OCC(COC(=O)CCCCCCCCC)OC(=O)CCC/C=C\C/C=C\C/C=C\C/C=C\C/C=C\C/C=C\C/C=C\CC. The van der Waals surface area contributed by atoms with Gasteiger partial charge in [-0.25, -0.2) is 0 Å². The summed E-state index contributed by atoms with van der Waals surface area (Å²) in [5.74, 6) is -1.00. The van der Waals surface area contributed by atoms with Gasteiger partial charge in [0.25, 0.3) is 0 Å². The van der Waals surface area contributed by atoms with Crippen molar-refractivity contribution in [1.82, 2.24) is 0 Å². The van der Waals surface area contributed by atoms with Gasteiger partial charge in [0, 0.05) is 19.3 Å². The highest BCUT2D eigenvalue weighted by atomic mass is 16.6. The van der Waals surface area contributed by atoms with Crippen molar-refractivity contribution in [3.8, 4) is 0 Å². The second-order valence-corrected chi connectivity index (χ2v) is 20.9. The maximum atomic E-state index is 12.8. The summed E-state index contributed by atoms with van der Waals surface area (Å²) in [6, 6.07) is 0. The summed E-state index contributed by atoms with van der Waals surface area (Å²) >= 11 is 0. The predicted octanol–water partition coefficient (Wildman–Crippen LogP) is 23.0. The Hall–Kier alpha value is -5.75. The van der Waals surface area contributed by atoms with E-state index in [0.717, 1.165) is 161 Å². The number of ether oxygens (including phenoxy) is 3. The Morgan fingerprint density at radius 2 is 0.482 bits per heavy atom. The minimum atomic E-state index is -0.822. The van der Waals surface area contributed by atoms with Crippen LogP contribution in [0.2, 0.25) is 0 Å². The lowest BCUT2D eigenvalue weighted by Gasteiger charge is -2.18. The number of allylic oxidation sites excluding steroid dienone is 32. The van der Waals surface area contributed by atoms with Crippen LogP contribution in [0.5, 0.6) is 0 Å². The third-order valence-electron chi connectivity index (χ3n) is 13.1. The Balaban J connectivity index is 4.27. The molecule has 0 bridgehead atoms. The Labute approximate surface area is 509 Å². The first kappa shape index (κ1) is 77.2. The first-order valence-electron chi connectivity index (χ1n) is 32.9. The lowest BCUT2D eigenvalue weighted by molar-refractivity contribution is -0.167. The van der Waals surface area contributed by atoms with Gasteiger partial charge in [-0.1, -0.05) is 286 Å². The molecule has 0 aliphatic heterocycles. The van der Waals surface area contributed by atoms with E-state index < -0.39 is 6.10 Å². The van der Waals surface area contributed by atoms with E-state index in [1.165, 1.54) is 44.9 Å². The van der Waals surface area contributed by atoms with Gasteiger partial charge in [0.05, 0.1) is 0 Å². The van der Waals surface area contributed by atoms with E-state index in [1.54, 1.807) is 0 Å². The molecule has 0 saturated heterocycles. The maximum Gasteiger partial charge on any atom is 0.306 e. The number of carbonyl (C=O) groups excluding carboxylic acids is 3. The van der Waals surface area contributed by atoms with Gasteiger partial charge in [0.15, 0.2) is 6.10 Å². The fraction of sp³-hybridized carbons (Fsp3) is 0.545. The van der Waals surface area contributed by atoms with Crippen molar-refractivity contribution >= 4 is 17.9 Å². The molecule has 1 unspecified atom stereocenters. The Morgan fingerprint density at radius 3 is 0.771 bits per heavy atom. The average Bonchev–Trinajstić information content (AvgIpc) is 3.49. The fourth-order valence-electron chi connectivity index (χ4n) is 8.25. The van der Waals surface area contributed by atoms with Crippen LogP contribution in [0.3, 0.4) is 0 Å². The molecule has 1 atom stereocenters. The van der Waals surface area contributed by atoms with E-state index >= 15 is 0 Å². The highest BCUT2D eigenvalue weighted by Gasteiger charge is 2.19. The summed E-state index contributed by atoms with van der Waals surface area (Å²) in [6.45, 7) is 6.29. The van der Waals surface area contributed by atoms with Crippen molar-refractivity contribution in [3.63, 3.8) is 0 Å². The molecule has 0 aliphatic carbocycles. The van der Waals surface area contributed by atoms with Gasteiger partial charge in [-0.2, -0.15) is 0 Å². The van der Waals surface area contributed by atoms with Crippen LogP contribution in [-0.2, 0) is 28.6 Å². The van der Waals surface area contributed by atoms with Crippen LogP contribution in [0.1, 0.15) is 252 Å². The molecular formula is C77H118O6. The second-order valence-electron chi connectivity index (χ2n) is 20.9. The Morgan fingerprint density at radius 1 is 0.253 bits per heavy atom. The van der Waals surface area contributed by atoms with Gasteiger partial charge < -0.3 is 14.2 Å². The molecule has 0 aromatic heterocycles. The normalized spacial score (nSPS) is 13.4. The van der Waals surface area contributed by atoms with E-state index in [2.05, 4.69) is 215 Å². The number of carbonyl (C=O) groups is 3. The van der Waals surface area contributed by atoms with E-state index in [9.17, 15) is 14.4 Å². The standard InChI is InChI=1S/C77H118O6/c1-4-7-10-13-16-18-20-22-24-26-28-30-32-33-34-35-36-37-38-39-40-41-42-43-45-46-48-50-52-54-56-58-61-64-67-70-76(79)82-73-74(72-81-75(78)69-66-63-60-15-12-9-6-3)83-77(80)71-68-65-62-59-57-55-53-51-49-47-44-31-29-27-25-23-21-19-17-14-11-8-5-2/h7-8,10-11,16-19,22-25,28-31,33-34,36-37,39-40,42-43,46-49,53,55,59,62,74H,4-6,9,12-15,20-21,26-27,32,35,38,41,44-45,50-52,54,56-58,60-61,63-73H2,1-3H3/b10-7-,11-8-,18-16-,19-17-,24-22-,25-23-,30-28-,31-29-,34-33-,37-36-,40-39-,43-42-,48-46-,49-47-,55-53-,62-59-. The van der Waals surface area contributed by atoms with E-state index in [-0.39, 0.29) is 37.5 Å². The number of esters is 3. The van der Waals surface area contributed by atoms with Crippen LogP contribution in [0.25, 0.3) is 0 Å². The second kappa shape index (κ2) is 68.7. The summed E-state index contributed by atoms with van der Waals surface area (Å²) in [5.41, 5.74) is 0. The van der Waals surface area contributed by atoms with Crippen molar-refractivity contribution in [2.45, 2.75) is 258 Å². The molecule has 0 heterocycles. The molecule has 0 aromatic carbocycles. The molecule has 6 heteroatoms. The fourth-order valence-corrected chi connectivity index (χ4v) is 8.25. The zero-order valence-electron chi connectivity index (χ0n) is 52.9. The van der Waals surface area contributed by atoms with Gasteiger partial charge >= 0.3 is 17.9 Å². The summed E-state index contributed by atoms with van der Waals surface area (Å²) < 4.78 is 16.8. The Bertz CT molecular complexity index is 1990. The van der Waals surface area contributed by atoms with E-state index in [0.29, 0.717) is 19.3 Å². The highest BCUT2D eigenvalue weighted by molar-refractivity contribution is 5.71. The molecule has 0 amide bonds. The molecule has 0 aromatic rings. The van der Waals surface area contributed by atoms with Crippen LogP contribution >= 0.6 is 0 Å². The van der Waals surface area contributed by atoms with E-state index in [4.69, 9.17) is 14.2 Å². The van der Waals surface area contributed by atoms with Crippen molar-refractivity contribution < 1.29 is 28.6 Å². The quantitative estimate of drug-likeness (QED) is 0.0261. The largest absolute Gasteiger partial charge is 0.462 e. The topological polar surface area (TPSA) is 78.9 Å². The third-order valence-corrected chi connectivity index (χ3v) is 13.1. The van der Waals surface area contributed by atoms with Gasteiger partial charge in [-0.05, 0) is 141 Å². The first-order valence-corrected chi connectivity index (χ1v) is 32.9. The van der Waals surface area contributed by atoms with Crippen LogP contribution < -0.4 is 0 Å². The molecule has 0 aliphatic rings. The van der Waals surface area contributed by atoms with Gasteiger partial charge in [-0.3, -0.25) is 14.4 Å². The average molecular weight is 1140 g/mol. The van der Waals surface area contributed by atoms with Crippen LogP contribution in [0.15, 0.2) is 194 Å². The molecule has 6 nitrogen and oxygen atoms in total. The molecule has 0 N–H and O–H groups in total. The number of hydrogen-bond acceptors (Lipinski definition) is 6. The summed E-state index contributed by atoms with van der Waals surface area (Å²) in [7, 11) is 0. The molecular weight excluding hydrogens is 1020 g/mol. The van der Waals surface area contributed by atoms with Crippen LogP contribution in [0, 0.1) is 0 Å². The lowest BCUT2D eigenvalue weighted by atomic mass is 10.1. The molecule has 462 valence electrons. The Kier molecular flexibility index (Phi) is 64.0. The zero-order chi connectivity index (χ0) is 59.9. The van der Waals surface area contributed by atoms with E-state index in [1.807, 2.05) is 0 Å². The number of unbranched alkanes of at least 4 members (excludes halogenated alkanes) is 14. The van der Waals surface area contributed by atoms with Crippen molar-refractivity contribution in [1.29, 1.82) is 0 Å². The first-order chi connectivity index (χ1) is 41.0. The van der Waals surface area contributed by atoms with Crippen LogP contribution in [0.4, 0.5) is 0 Å². The minimum absolute atomic E-state index is 0.113. The molecule has 83 heavy (non-hydrogen) atoms. The summed E-state index contributed by atoms with van der Waals surface area (Å²) in [5, 5.41) is 0. The number of hydrogen-bond donors (Lipinski definition) is 0. The molecule has 0 rings (SSSR count). The monoisotopic (exact) mass is 1140 g/mol. The summed E-state index contributed by atoms with van der Waals surface area (Å²) in [6.07, 6.45) is 105. The van der Waals surface area contributed by atoms with Crippen LogP contribution in [-0.4, -0.2) is 37.2 Å². The summed E-state index contributed by atoms with van der Waals surface area (Å²) in [4.78, 5) is 38.1.